The fourth-order valence-corrected chi connectivity index (χ4v) is 2.27. The molecule has 2 heterocycles. The summed E-state index contributed by atoms with van der Waals surface area (Å²) in [6.07, 6.45) is 2.23. The average Bonchev–Trinajstić information content (AvgIpc) is 2.72. The largest absolute Gasteiger partial charge is 0.348 e. The van der Waals surface area contributed by atoms with Crippen LogP contribution in [0.2, 0.25) is 0 Å². The Kier molecular flexibility index (Phi) is 5.08. The smallest absolute Gasteiger partial charge is 0.252 e. The fraction of sp³-hybridized carbons (Fsp3) is 0.500. The van der Waals surface area contributed by atoms with Crippen LogP contribution in [-0.2, 0) is 0 Å². The van der Waals surface area contributed by atoms with Gasteiger partial charge in [-0.1, -0.05) is 0 Å². The molecule has 1 aromatic heterocycles. The molecule has 5 heteroatoms. The standard InChI is InChI=1S/C10H14N2OS.ClH/c13-10(8-3-5-14-7-8)12-9-2-1-4-11-6-9;/h3,5,7,9,11H,1-2,4,6H2,(H,12,13);1H. The van der Waals surface area contributed by atoms with Gasteiger partial charge in [0.15, 0.2) is 0 Å². The van der Waals surface area contributed by atoms with Crippen molar-refractivity contribution in [2.45, 2.75) is 18.9 Å². The second-order valence-corrected chi connectivity index (χ2v) is 4.31. The van der Waals surface area contributed by atoms with Crippen LogP contribution in [0.15, 0.2) is 16.8 Å². The Balaban J connectivity index is 0.00000112. The molecular formula is C10H15ClN2OS. The monoisotopic (exact) mass is 246 g/mol. The molecule has 0 saturated carbocycles. The van der Waals surface area contributed by atoms with Crippen molar-refractivity contribution in [2.24, 2.45) is 0 Å². The molecule has 2 rings (SSSR count). The highest BCUT2D eigenvalue weighted by Gasteiger charge is 2.15. The Hall–Kier alpha value is -0.580. The van der Waals surface area contributed by atoms with E-state index in [0.29, 0.717) is 6.04 Å². The van der Waals surface area contributed by atoms with Crippen LogP contribution >= 0.6 is 23.7 Å². The Labute approximate surface area is 99.7 Å². The van der Waals surface area contributed by atoms with Crippen molar-refractivity contribution in [1.82, 2.24) is 10.6 Å². The Morgan fingerprint density at radius 1 is 1.60 bits per heavy atom. The normalized spacial score (nSPS) is 20.4. The molecular weight excluding hydrogens is 232 g/mol. The maximum Gasteiger partial charge on any atom is 0.252 e. The van der Waals surface area contributed by atoms with Crippen molar-refractivity contribution in [3.63, 3.8) is 0 Å². The summed E-state index contributed by atoms with van der Waals surface area (Å²) in [7, 11) is 0. The third-order valence-electron chi connectivity index (χ3n) is 2.42. The molecule has 1 aliphatic heterocycles. The van der Waals surface area contributed by atoms with Crippen LogP contribution in [0.4, 0.5) is 0 Å². The van der Waals surface area contributed by atoms with Gasteiger partial charge in [0.2, 0.25) is 0 Å². The third-order valence-corrected chi connectivity index (χ3v) is 3.10. The van der Waals surface area contributed by atoms with Crippen LogP contribution in [0.5, 0.6) is 0 Å². The van der Waals surface area contributed by atoms with Crippen molar-refractivity contribution in [3.8, 4) is 0 Å². The summed E-state index contributed by atoms with van der Waals surface area (Å²) in [6.45, 7) is 1.97. The van der Waals surface area contributed by atoms with E-state index in [0.717, 1.165) is 31.5 Å². The summed E-state index contributed by atoms with van der Waals surface area (Å²) < 4.78 is 0. The van der Waals surface area contributed by atoms with Crippen molar-refractivity contribution >= 4 is 29.7 Å². The summed E-state index contributed by atoms with van der Waals surface area (Å²) in [5.74, 6) is 0.0555. The number of halogens is 1. The number of piperidine rings is 1. The molecule has 0 radical (unpaired) electrons. The molecule has 15 heavy (non-hydrogen) atoms. The van der Waals surface area contributed by atoms with Crippen molar-refractivity contribution in [2.75, 3.05) is 13.1 Å². The maximum absolute atomic E-state index is 11.6. The van der Waals surface area contributed by atoms with Crippen LogP contribution in [0.3, 0.4) is 0 Å². The molecule has 0 aliphatic carbocycles. The van der Waals surface area contributed by atoms with E-state index in [1.807, 2.05) is 16.8 Å². The SMILES string of the molecule is Cl.O=C(NC1CCCNC1)c1ccsc1. The predicted octanol–water partition coefficient (Wildman–Crippen LogP) is 1.65. The number of amides is 1. The zero-order valence-corrected chi connectivity index (χ0v) is 10.00. The number of carbonyl (C=O) groups excluding carboxylic acids is 1. The summed E-state index contributed by atoms with van der Waals surface area (Å²) in [4.78, 5) is 11.6. The van der Waals surface area contributed by atoms with E-state index >= 15 is 0 Å². The highest BCUT2D eigenvalue weighted by molar-refractivity contribution is 7.08. The number of hydrogen-bond donors (Lipinski definition) is 2. The minimum atomic E-state index is 0. The van der Waals surface area contributed by atoms with Gasteiger partial charge < -0.3 is 10.6 Å². The molecule has 1 aliphatic rings. The van der Waals surface area contributed by atoms with E-state index in [1.165, 1.54) is 0 Å². The van der Waals surface area contributed by atoms with Crippen LogP contribution < -0.4 is 10.6 Å². The van der Waals surface area contributed by atoms with Crippen molar-refractivity contribution in [1.29, 1.82) is 0 Å². The molecule has 3 nitrogen and oxygen atoms in total. The van der Waals surface area contributed by atoms with Gasteiger partial charge in [-0.3, -0.25) is 4.79 Å². The van der Waals surface area contributed by atoms with Crippen LogP contribution in [-0.4, -0.2) is 25.0 Å². The first kappa shape index (κ1) is 12.5. The van der Waals surface area contributed by atoms with E-state index in [4.69, 9.17) is 0 Å². The lowest BCUT2D eigenvalue weighted by atomic mass is 10.1. The molecule has 1 amide bonds. The Morgan fingerprint density at radius 2 is 2.47 bits per heavy atom. The summed E-state index contributed by atoms with van der Waals surface area (Å²) in [5.41, 5.74) is 0.778. The lowest BCUT2D eigenvalue weighted by Gasteiger charge is -2.23. The minimum Gasteiger partial charge on any atom is -0.348 e. The van der Waals surface area contributed by atoms with Gasteiger partial charge in [0.25, 0.3) is 5.91 Å². The van der Waals surface area contributed by atoms with Crippen molar-refractivity contribution < 1.29 is 4.79 Å². The molecule has 84 valence electrons. The third kappa shape index (κ3) is 3.48. The Bertz CT molecular complexity index is 296. The topological polar surface area (TPSA) is 41.1 Å². The van der Waals surface area contributed by atoms with E-state index in [-0.39, 0.29) is 18.3 Å². The zero-order valence-electron chi connectivity index (χ0n) is 8.36. The van der Waals surface area contributed by atoms with Crippen LogP contribution in [0.25, 0.3) is 0 Å². The molecule has 1 atom stereocenters. The van der Waals surface area contributed by atoms with Gasteiger partial charge in [-0.2, -0.15) is 11.3 Å². The van der Waals surface area contributed by atoms with E-state index in [2.05, 4.69) is 10.6 Å². The molecule has 2 N–H and O–H groups in total. The van der Waals surface area contributed by atoms with E-state index < -0.39 is 0 Å². The van der Waals surface area contributed by atoms with Gasteiger partial charge in [0.05, 0.1) is 0 Å². The Morgan fingerprint density at radius 3 is 3.07 bits per heavy atom. The number of hydrogen-bond acceptors (Lipinski definition) is 3. The molecule has 1 fully saturated rings. The highest BCUT2D eigenvalue weighted by atomic mass is 35.5. The average molecular weight is 247 g/mol. The summed E-state index contributed by atoms with van der Waals surface area (Å²) >= 11 is 1.55. The molecule has 1 aromatic rings. The van der Waals surface area contributed by atoms with Gasteiger partial charge in [-0.05, 0) is 30.8 Å². The van der Waals surface area contributed by atoms with E-state index in [9.17, 15) is 4.79 Å². The van der Waals surface area contributed by atoms with Crippen LogP contribution in [0, 0.1) is 0 Å². The molecule has 0 aromatic carbocycles. The number of carbonyl (C=O) groups is 1. The molecule has 0 spiro atoms. The van der Waals surface area contributed by atoms with Crippen molar-refractivity contribution in [3.05, 3.63) is 22.4 Å². The van der Waals surface area contributed by atoms with E-state index in [1.54, 1.807) is 11.3 Å². The summed E-state index contributed by atoms with van der Waals surface area (Å²) in [6, 6.07) is 2.16. The lowest BCUT2D eigenvalue weighted by molar-refractivity contribution is 0.0931. The summed E-state index contributed by atoms with van der Waals surface area (Å²) in [5, 5.41) is 10.1. The van der Waals surface area contributed by atoms with Gasteiger partial charge in [-0.25, -0.2) is 0 Å². The lowest BCUT2D eigenvalue weighted by Crippen LogP contribution is -2.45. The first-order valence-corrected chi connectivity index (χ1v) is 5.84. The number of nitrogens with one attached hydrogen (secondary N) is 2. The molecule has 1 unspecified atom stereocenters. The first-order chi connectivity index (χ1) is 6.86. The second-order valence-electron chi connectivity index (χ2n) is 3.53. The fourth-order valence-electron chi connectivity index (χ4n) is 1.64. The highest BCUT2D eigenvalue weighted by Crippen LogP contribution is 2.07. The minimum absolute atomic E-state index is 0. The number of thiophene rings is 1. The van der Waals surface area contributed by atoms with Crippen LogP contribution in [0.1, 0.15) is 23.2 Å². The second kappa shape index (κ2) is 6.10. The zero-order chi connectivity index (χ0) is 9.80. The van der Waals surface area contributed by atoms with Gasteiger partial charge in [-0.15, -0.1) is 12.4 Å². The maximum atomic E-state index is 11.6. The first-order valence-electron chi connectivity index (χ1n) is 4.90. The van der Waals surface area contributed by atoms with Gasteiger partial charge in [0, 0.05) is 23.5 Å². The van der Waals surface area contributed by atoms with Gasteiger partial charge in [0.1, 0.15) is 0 Å². The number of rotatable bonds is 2. The molecule has 1 saturated heterocycles. The predicted molar refractivity (Wildman–Crippen MR) is 64.9 cm³/mol. The molecule has 0 bridgehead atoms. The van der Waals surface area contributed by atoms with Gasteiger partial charge >= 0.3 is 0 Å². The quantitative estimate of drug-likeness (QED) is 0.833.